The van der Waals surface area contributed by atoms with Gasteiger partial charge in [0.25, 0.3) is 5.91 Å². The third-order valence-electron chi connectivity index (χ3n) is 8.54. The Bertz CT molecular complexity index is 1330. The number of ether oxygens (including phenoxy) is 1. The van der Waals surface area contributed by atoms with Gasteiger partial charge in [-0.25, -0.2) is 9.79 Å². The maximum atomic E-state index is 13.4. The first kappa shape index (κ1) is 29.3. The average Bonchev–Trinajstić information content (AvgIpc) is 3.43. The van der Waals surface area contributed by atoms with Crippen molar-refractivity contribution in [2.75, 3.05) is 13.1 Å². The molecule has 0 bridgehead atoms. The molecule has 218 valence electrons. The standard InChI is InChI=1S/C32H42BN3O5/c1-30(2,3)39-29(38)34-20-21-9-8-10-23(17-21)22-13-15-36(16-14-22)28(37)27-18-24-11-12-25(19-26(24)35-27)33-40-31(4,5)32(6,7)41-33/h8-12,17-18,22H,13-16,19-20H2,1-7H3,(H,34,38). The molecular formula is C32H42BN3O5. The molecule has 0 atom stereocenters. The lowest BCUT2D eigenvalue weighted by molar-refractivity contribution is -0.128. The number of allylic oxidation sites excluding steroid dienone is 5. The van der Waals surface area contributed by atoms with Crippen LogP contribution in [0.3, 0.4) is 0 Å². The first-order chi connectivity index (χ1) is 19.2. The van der Waals surface area contributed by atoms with Crippen LogP contribution in [-0.2, 0) is 25.4 Å². The summed E-state index contributed by atoms with van der Waals surface area (Å²) in [5, 5.41) is 2.83. The number of hydrogen-bond acceptors (Lipinski definition) is 6. The number of benzene rings is 1. The number of amides is 2. The van der Waals surface area contributed by atoms with Crippen LogP contribution in [0.2, 0.25) is 0 Å². The average molecular weight is 560 g/mol. The van der Waals surface area contributed by atoms with Crippen LogP contribution in [0.15, 0.2) is 64.2 Å². The summed E-state index contributed by atoms with van der Waals surface area (Å²) >= 11 is 0. The van der Waals surface area contributed by atoms with Gasteiger partial charge >= 0.3 is 13.2 Å². The third kappa shape index (κ3) is 6.51. The highest BCUT2D eigenvalue weighted by Crippen LogP contribution is 2.40. The predicted octanol–water partition coefficient (Wildman–Crippen LogP) is 5.64. The molecule has 0 spiro atoms. The second-order valence-electron chi connectivity index (χ2n) is 13.4. The normalized spacial score (nSPS) is 21.9. The van der Waals surface area contributed by atoms with Crippen molar-refractivity contribution >= 4 is 24.8 Å². The number of nitrogens with zero attached hydrogens (tertiary/aromatic N) is 2. The predicted molar refractivity (Wildman–Crippen MR) is 160 cm³/mol. The Labute approximate surface area is 244 Å². The zero-order valence-corrected chi connectivity index (χ0v) is 25.4. The van der Waals surface area contributed by atoms with E-state index in [1.54, 1.807) is 0 Å². The highest BCUT2D eigenvalue weighted by atomic mass is 16.7. The van der Waals surface area contributed by atoms with Crippen molar-refractivity contribution in [2.24, 2.45) is 4.99 Å². The number of rotatable bonds is 5. The largest absolute Gasteiger partial charge is 0.490 e. The van der Waals surface area contributed by atoms with Gasteiger partial charge in [0.2, 0.25) is 0 Å². The third-order valence-corrected chi connectivity index (χ3v) is 8.54. The van der Waals surface area contributed by atoms with E-state index in [1.807, 2.05) is 83.7 Å². The molecule has 1 N–H and O–H groups in total. The first-order valence-corrected chi connectivity index (χ1v) is 14.6. The van der Waals surface area contributed by atoms with Crippen LogP contribution in [0.25, 0.3) is 0 Å². The summed E-state index contributed by atoms with van der Waals surface area (Å²) in [7, 11) is -0.411. The molecule has 0 radical (unpaired) electrons. The number of aliphatic imine (C=N–C) groups is 1. The van der Waals surface area contributed by atoms with Crippen LogP contribution in [-0.4, -0.2) is 59.6 Å². The highest BCUT2D eigenvalue weighted by Gasteiger charge is 2.52. The fourth-order valence-electron chi connectivity index (χ4n) is 5.50. The SMILES string of the molecule is CC(C)(C)OC(=O)NCc1cccc(C2CCN(C(=O)C3=CC4=CC=C(B5OC(C)(C)C(C)(C)O5)CC4=N3)CC2)c1. The number of alkyl carbamates (subject to hydrolysis) is 1. The van der Waals surface area contributed by atoms with Crippen molar-refractivity contribution in [3.63, 3.8) is 0 Å². The molecule has 4 aliphatic rings. The van der Waals surface area contributed by atoms with Crippen LogP contribution in [0, 0.1) is 0 Å². The fourth-order valence-corrected chi connectivity index (χ4v) is 5.50. The van der Waals surface area contributed by atoms with E-state index in [-0.39, 0.29) is 5.91 Å². The molecule has 1 aliphatic carbocycles. The van der Waals surface area contributed by atoms with E-state index >= 15 is 0 Å². The summed E-state index contributed by atoms with van der Waals surface area (Å²) in [6.45, 7) is 15.5. The molecule has 0 saturated carbocycles. The smallest absolute Gasteiger partial charge is 0.444 e. The highest BCUT2D eigenvalue weighted by molar-refractivity contribution is 6.55. The number of carbonyl (C=O) groups excluding carboxylic acids is 2. The van der Waals surface area contributed by atoms with E-state index in [1.165, 1.54) is 5.56 Å². The summed E-state index contributed by atoms with van der Waals surface area (Å²) in [6.07, 6.45) is 7.92. The molecule has 0 aromatic heterocycles. The van der Waals surface area contributed by atoms with Crippen molar-refractivity contribution < 1.29 is 23.6 Å². The number of piperidine rings is 1. The number of likely N-dealkylation sites (tertiary alicyclic amines) is 1. The van der Waals surface area contributed by atoms with Gasteiger partial charge in [-0.05, 0) is 95.5 Å². The first-order valence-electron chi connectivity index (χ1n) is 14.6. The van der Waals surface area contributed by atoms with E-state index in [0.717, 1.165) is 35.2 Å². The van der Waals surface area contributed by atoms with Gasteiger partial charge in [-0.3, -0.25) is 4.79 Å². The van der Waals surface area contributed by atoms with Crippen LogP contribution < -0.4 is 5.32 Å². The molecule has 5 rings (SSSR count). The van der Waals surface area contributed by atoms with Crippen molar-refractivity contribution in [3.05, 3.63) is 70.4 Å². The lowest BCUT2D eigenvalue weighted by atomic mass is 9.72. The van der Waals surface area contributed by atoms with Gasteiger partial charge in [-0.1, -0.05) is 36.4 Å². The maximum Gasteiger partial charge on any atom is 0.490 e. The van der Waals surface area contributed by atoms with Crippen molar-refractivity contribution in [3.8, 4) is 0 Å². The van der Waals surface area contributed by atoms with Crippen LogP contribution in [0.5, 0.6) is 0 Å². The monoisotopic (exact) mass is 559 g/mol. The van der Waals surface area contributed by atoms with Crippen molar-refractivity contribution in [1.29, 1.82) is 0 Å². The summed E-state index contributed by atoms with van der Waals surface area (Å²) in [5.41, 5.74) is 4.35. The molecule has 2 saturated heterocycles. The Hall–Kier alpha value is -3.17. The number of carbonyl (C=O) groups is 2. The molecule has 41 heavy (non-hydrogen) atoms. The summed E-state index contributed by atoms with van der Waals surface area (Å²) in [4.78, 5) is 32.1. The van der Waals surface area contributed by atoms with Gasteiger partial charge in [0.1, 0.15) is 11.3 Å². The fraction of sp³-hybridized carbons (Fsp3) is 0.531. The van der Waals surface area contributed by atoms with Gasteiger partial charge in [-0.15, -0.1) is 0 Å². The lowest BCUT2D eigenvalue weighted by Crippen LogP contribution is -2.41. The Morgan fingerprint density at radius 2 is 1.78 bits per heavy atom. The molecule has 9 heteroatoms. The van der Waals surface area contributed by atoms with Gasteiger partial charge in [0, 0.05) is 26.1 Å². The molecule has 2 fully saturated rings. The molecular weight excluding hydrogens is 517 g/mol. The molecule has 1 aromatic carbocycles. The summed E-state index contributed by atoms with van der Waals surface area (Å²) in [6, 6.07) is 8.31. The van der Waals surface area contributed by atoms with Gasteiger partial charge in [0.05, 0.1) is 16.9 Å². The molecule has 2 amide bonds. The Morgan fingerprint density at radius 1 is 1.10 bits per heavy atom. The van der Waals surface area contributed by atoms with Crippen LogP contribution in [0.1, 0.15) is 84.8 Å². The number of hydrogen-bond donors (Lipinski definition) is 1. The summed E-state index contributed by atoms with van der Waals surface area (Å²) < 4.78 is 17.8. The second-order valence-corrected chi connectivity index (χ2v) is 13.4. The quantitative estimate of drug-likeness (QED) is 0.472. The Balaban J connectivity index is 1.14. The zero-order chi connectivity index (χ0) is 29.6. The molecule has 0 unspecified atom stereocenters. The number of fused-ring (bicyclic) bond motifs is 1. The minimum Gasteiger partial charge on any atom is -0.444 e. The maximum absolute atomic E-state index is 13.4. The molecule has 3 aliphatic heterocycles. The van der Waals surface area contributed by atoms with Crippen molar-refractivity contribution in [2.45, 2.75) is 97.0 Å². The van der Waals surface area contributed by atoms with Gasteiger partial charge in [0.15, 0.2) is 0 Å². The minimum atomic E-state index is -0.527. The zero-order valence-electron chi connectivity index (χ0n) is 25.4. The Morgan fingerprint density at radius 3 is 2.44 bits per heavy atom. The Kier molecular flexibility index (Phi) is 7.81. The molecule has 3 heterocycles. The lowest BCUT2D eigenvalue weighted by Gasteiger charge is -2.32. The van der Waals surface area contributed by atoms with Gasteiger partial charge in [-0.2, -0.15) is 0 Å². The second kappa shape index (κ2) is 10.9. The molecule has 8 nitrogen and oxygen atoms in total. The minimum absolute atomic E-state index is 0.0151. The van der Waals surface area contributed by atoms with Crippen LogP contribution in [0.4, 0.5) is 4.79 Å². The summed E-state index contributed by atoms with van der Waals surface area (Å²) in [5.74, 6) is 0.347. The van der Waals surface area contributed by atoms with E-state index in [9.17, 15) is 9.59 Å². The van der Waals surface area contributed by atoms with E-state index < -0.39 is 30.0 Å². The number of nitrogens with one attached hydrogen (secondary N) is 1. The van der Waals surface area contributed by atoms with Gasteiger partial charge < -0.3 is 24.3 Å². The van der Waals surface area contributed by atoms with E-state index in [2.05, 4.69) is 17.4 Å². The topological polar surface area (TPSA) is 89.5 Å². The molecule has 1 aromatic rings. The van der Waals surface area contributed by atoms with Crippen molar-refractivity contribution in [1.82, 2.24) is 10.2 Å². The van der Waals surface area contributed by atoms with E-state index in [0.29, 0.717) is 37.7 Å². The van der Waals surface area contributed by atoms with E-state index in [4.69, 9.17) is 19.0 Å². The van der Waals surface area contributed by atoms with Crippen LogP contribution >= 0.6 is 0 Å².